The van der Waals surface area contributed by atoms with Crippen molar-refractivity contribution >= 4 is 0 Å². The van der Waals surface area contributed by atoms with Gasteiger partial charge in [-0.3, -0.25) is 4.68 Å². The maximum absolute atomic E-state index is 11.0. The number of benzene rings is 1. The molecule has 0 radical (unpaired) electrons. The maximum Gasteiger partial charge on any atom is 0.0949 e. The highest BCUT2D eigenvalue weighted by Crippen LogP contribution is 2.29. The lowest BCUT2D eigenvalue weighted by Gasteiger charge is -2.27. The van der Waals surface area contributed by atoms with Gasteiger partial charge in [0.2, 0.25) is 0 Å². The van der Waals surface area contributed by atoms with Crippen LogP contribution in [0.3, 0.4) is 0 Å². The molecule has 0 spiro atoms. The molecule has 3 nitrogen and oxygen atoms in total. The van der Waals surface area contributed by atoms with E-state index in [4.69, 9.17) is 0 Å². The van der Waals surface area contributed by atoms with Gasteiger partial charge < -0.3 is 5.11 Å². The Hall–Kier alpha value is -1.61. The molecule has 20 heavy (non-hydrogen) atoms. The third kappa shape index (κ3) is 2.93. The Kier molecular flexibility index (Phi) is 4.61. The number of hydrogen-bond acceptors (Lipinski definition) is 2. The lowest BCUT2D eigenvalue weighted by Crippen LogP contribution is -2.28. The molecule has 2 aromatic rings. The standard InChI is InChI=1S/C17H24N2O/c1-4-15-12-16(19(6-3)18-15)13-17(20,5-2)14-10-8-7-9-11-14/h7-12,20H,4-6,13H2,1-3H3. The Morgan fingerprint density at radius 1 is 1.15 bits per heavy atom. The van der Waals surface area contributed by atoms with Gasteiger partial charge >= 0.3 is 0 Å². The first kappa shape index (κ1) is 14.8. The van der Waals surface area contributed by atoms with E-state index < -0.39 is 5.60 Å². The quantitative estimate of drug-likeness (QED) is 0.876. The predicted molar refractivity (Wildman–Crippen MR) is 81.6 cm³/mol. The van der Waals surface area contributed by atoms with Gasteiger partial charge in [-0.1, -0.05) is 44.2 Å². The van der Waals surface area contributed by atoms with Crippen molar-refractivity contribution in [3.8, 4) is 0 Å². The molecule has 0 aliphatic rings. The molecule has 1 atom stereocenters. The van der Waals surface area contributed by atoms with Crippen molar-refractivity contribution in [1.82, 2.24) is 9.78 Å². The van der Waals surface area contributed by atoms with Crippen LogP contribution in [0.5, 0.6) is 0 Å². The second kappa shape index (κ2) is 6.23. The number of hydrogen-bond donors (Lipinski definition) is 1. The molecule has 0 amide bonds. The second-order valence-corrected chi connectivity index (χ2v) is 5.22. The fraction of sp³-hybridized carbons (Fsp3) is 0.471. The summed E-state index contributed by atoms with van der Waals surface area (Å²) in [6, 6.07) is 12.0. The molecular formula is C17H24N2O. The number of aliphatic hydroxyl groups is 1. The summed E-state index contributed by atoms with van der Waals surface area (Å²) < 4.78 is 2.00. The van der Waals surface area contributed by atoms with E-state index >= 15 is 0 Å². The summed E-state index contributed by atoms with van der Waals surface area (Å²) in [5.41, 5.74) is 2.36. The van der Waals surface area contributed by atoms with E-state index in [2.05, 4.69) is 25.0 Å². The Morgan fingerprint density at radius 3 is 2.40 bits per heavy atom. The van der Waals surface area contributed by atoms with Gasteiger partial charge in [0.1, 0.15) is 0 Å². The number of aryl methyl sites for hydroxylation is 2. The van der Waals surface area contributed by atoms with Gasteiger partial charge in [-0.25, -0.2) is 0 Å². The van der Waals surface area contributed by atoms with Crippen LogP contribution in [0, 0.1) is 0 Å². The SMILES string of the molecule is CCc1cc(CC(O)(CC)c2ccccc2)n(CC)n1. The summed E-state index contributed by atoms with van der Waals surface area (Å²) in [4.78, 5) is 0. The van der Waals surface area contributed by atoms with Crippen LogP contribution >= 0.6 is 0 Å². The summed E-state index contributed by atoms with van der Waals surface area (Å²) in [7, 11) is 0. The molecule has 1 unspecified atom stereocenters. The van der Waals surface area contributed by atoms with Crippen molar-refractivity contribution in [3.63, 3.8) is 0 Å². The smallest absolute Gasteiger partial charge is 0.0949 e. The Balaban J connectivity index is 2.32. The van der Waals surface area contributed by atoms with Gasteiger partial charge in [0.05, 0.1) is 11.3 Å². The molecule has 0 saturated heterocycles. The monoisotopic (exact) mass is 272 g/mol. The van der Waals surface area contributed by atoms with Crippen molar-refractivity contribution in [3.05, 3.63) is 53.3 Å². The lowest BCUT2D eigenvalue weighted by molar-refractivity contribution is 0.0307. The molecule has 1 heterocycles. The third-order valence-electron chi connectivity index (χ3n) is 3.95. The molecule has 1 aromatic heterocycles. The zero-order valence-electron chi connectivity index (χ0n) is 12.6. The molecule has 3 heteroatoms. The Bertz CT molecular complexity index is 547. The van der Waals surface area contributed by atoms with Gasteiger partial charge in [-0.15, -0.1) is 0 Å². The Labute approximate surface area is 121 Å². The van der Waals surface area contributed by atoms with Crippen molar-refractivity contribution in [2.45, 2.75) is 52.2 Å². The largest absolute Gasteiger partial charge is 0.385 e. The molecule has 1 aromatic carbocycles. The highest BCUT2D eigenvalue weighted by Gasteiger charge is 2.29. The van der Waals surface area contributed by atoms with Crippen molar-refractivity contribution in [1.29, 1.82) is 0 Å². The van der Waals surface area contributed by atoms with Gasteiger partial charge in [-0.05, 0) is 31.4 Å². The fourth-order valence-electron chi connectivity index (χ4n) is 2.58. The predicted octanol–water partition coefficient (Wildman–Crippen LogP) is 3.31. The second-order valence-electron chi connectivity index (χ2n) is 5.22. The zero-order chi connectivity index (χ0) is 14.6. The molecule has 108 valence electrons. The highest BCUT2D eigenvalue weighted by molar-refractivity contribution is 5.25. The maximum atomic E-state index is 11.0. The van der Waals surface area contributed by atoms with Crippen LogP contribution in [-0.2, 0) is 25.0 Å². The first-order valence-electron chi connectivity index (χ1n) is 7.46. The first-order valence-corrected chi connectivity index (χ1v) is 7.46. The van der Waals surface area contributed by atoms with Gasteiger partial charge in [0.25, 0.3) is 0 Å². The number of aromatic nitrogens is 2. The zero-order valence-corrected chi connectivity index (χ0v) is 12.6. The Morgan fingerprint density at radius 2 is 1.85 bits per heavy atom. The average Bonchev–Trinajstić information content (AvgIpc) is 2.90. The average molecular weight is 272 g/mol. The van der Waals surface area contributed by atoms with Gasteiger partial charge in [0.15, 0.2) is 0 Å². The van der Waals surface area contributed by atoms with E-state index in [-0.39, 0.29) is 0 Å². The normalized spacial score (nSPS) is 14.2. The summed E-state index contributed by atoms with van der Waals surface area (Å²) in [5.74, 6) is 0. The summed E-state index contributed by atoms with van der Waals surface area (Å²) >= 11 is 0. The summed E-state index contributed by atoms with van der Waals surface area (Å²) in [5, 5.41) is 15.6. The summed E-state index contributed by atoms with van der Waals surface area (Å²) in [6.45, 7) is 7.06. The van der Waals surface area contributed by atoms with Crippen LogP contribution in [0.2, 0.25) is 0 Å². The van der Waals surface area contributed by atoms with E-state index in [0.29, 0.717) is 12.8 Å². The minimum Gasteiger partial charge on any atom is -0.385 e. The minimum atomic E-state index is -0.820. The number of rotatable bonds is 6. The first-order chi connectivity index (χ1) is 9.62. The van der Waals surface area contributed by atoms with Crippen molar-refractivity contribution in [2.24, 2.45) is 0 Å². The molecule has 0 aliphatic heterocycles. The van der Waals surface area contributed by atoms with Crippen molar-refractivity contribution in [2.75, 3.05) is 0 Å². The molecule has 0 saturated carbocycles. The van der Waals surface area contributed by atoms with Crippen LogP contribution in [-0.4, -0.2) is 14.9 Å². The van der Waals surface area contributed by atoms with Crippen LogP contribution in [0.25, 0.3) is 0 Å². The van der Waals surface area contributed by atoms with Crippen LogP contribution in [0.15, 0.2) is 36.4 Å². The van der Waals surface area contributed by atoms with Crippen LogP contribution < -0.4 is 0 Å². The molecule has 2 rings (SSSR count). The van der Waals surface area contributed by atoms with Crippen molar-refractivity contribution < 1.29 is 5.11 Å². The molecule has 0 bridgehead atoms. The molecule has 0 fully saturated rings. The van der Waals surface area contributed by atoms with Gasteiger partial charge in [0, 0.05) is 18.7 Å². The van der Waals surface area contributed by atoms with E-state index in [0.717, 1.165) is 29.9 Å². The lowest BCUT2D eigenvalue weighted by atomic mass is 9.86. The summed E-state index contributed by atoms with van der Waals surface area (Å²) in [6.07, 6.45) is 2.22. The van der Waals surface area contributed by atoms with Gasteiger partial charge in [-0.2, -0.15) is 5.10 Å². The number of nitrogens with zero attached hydrogens (tertiary/aromatic N) is 2. The van der Waals surface area contributed by atoms with E-state index in [1.165, 1.54) is 0 Å². The topological polar surface area (TPSA) is 38.0 Å². The molecule has 1 N–H and O–H groups in total. The fourth-order valence-corrected chi connectivity index (χ4v) is 2.58. The van der Waals surface area contributed by atoms with E-state index in [1.807, 2.05) is 41.9 Å². The van der Waals surface area contributed by atoms with Crippen LogP contribution in [0.4, 0.5) is 0 Å². The highest BCUT2D eigenvalue weighted by atomic mass is 16.3. The minimum absolute atomic E-state index is 0.606. The molecular weight excluding hydrogens is 248 g/mol. The van der Waals surface area contributed by atoms with E-state index in [1.54, 1.807) is 0 Å². The van der Waals surface area contributed by atoms with Crippen LogP contribution in [0.1, 0.15) is 44.1 Å². The molecule has 0 aliphatic carbocycles. The third-order valence-corrected chi connectivity index (χ3v) is 3.95. The van der Waals surface area contributed by atoms with E-state index in [9.17, 15) is 5.11 Å².